The van der Waals surface area contributed by atoms with Gasteiger partial charge in [-0.3, -0.25) is 9.59 Å². The Morgan fingerprint density at radius 3 is 2.56 bits per heavy atom. The van der Waals surface area contributed by atoms with Gasteiger partial charge in [-0.15, -0.1) is 0 Å². The van der Waals surface area contributed by atoms with Gasteiger partial charge in [0.05, 0.1) is 5.69 Å². The Bertz CT molecular complexity index is 486. The summed E-state index contributed by atoms with van der Waals surface area (Å²) >= 11 is 0. The van der Waals surface area contributed by atoms with E-state index in [9.17, 15) is 14.4 Å². The van der Waals surface area contributed by atoms with Crippen LogP contribution in [0.4, 0.5) is 10.5 Å². The second kappa shape index (κ2) is 4.87. The molecule has 1 aromatic rings. The van der Waals surface area contributed by atoms with Gasteiger partial charge in [0.15, 0.2) is 0 Å². The van der Waals surface area contributed by atoms with E-state index in [0.717, 1.165) is 4.90 Å². The summed E-state index contributed by atoms with van der Waals surface area (Å²) < 4.78 is 0. The number of carbonyl (C=O) groups excluding carboxylic acids is 2. The largest absolute Gasteiger partial charge is 0.481 e. The lowest BCUT2D eigenvalue weighted by Crippen LogP contribution is -2.31. The van der Waals surface area contributed by atoms with Gasteiger partial charge >= 0.3 is 12.0 Å². The van der Waals surface area contributed by atoms with Crippen LogP contribution in [0.5, 0.6) is 0 Å². The Morgan fingerprint density at radius 2 is 1.94 bits per heavy atom. The molecule has 0 aromatic heterocycles. The van der Waals surface area contributed by atoms with Crippen molar-refractivity contribution in [3.05, 3.63) is 30.3 Å². The molecule has 1 aliphatic rings. The van der Waals surface area contributed by atoms with Crippen molar-refractivity contribution in [3.63, 3.8) is 0 Å². The Balaban J connectivity index is 2.12. The van der Waals surface area contributed by atoms with Crippen molar-refractivity contribution in [2.45, 2.75) is 18.9 Å². The average Bonchev–Trinajstić information content (AvgIpc) is 2.63. The van der Waals surface area contributed by atoms with E-state index in [0.29, 0.717) is 5.69 Å². The van der Waals surface area contributed by atoms with Gasteiger partial charge in [-0.05, 0) is 18.6 Å². The van der Waals surface area contributed by atoms with Crippen LogP contribution in [0.2, 0.25) is 0 Å². The van der Waals surface area contributed by atoms with Crippen LogP contribution in [-0.2, 0) is 9.59 Å². The first-order valence-electron chi connectivity index (χ1n) is 5.51. The van der Waals surface area contributed by atoms with Crippen LogP contribution < -0.4 is 10.2 Å². The quantitative estimate of drug-likeness (QED) is 0.777. The van der Waals surface area contributed by atoms with Crippen molar-refractivity contribution in [1.29, 1.82) is 0 Å². The fourth-order valence-corrected chi connectivity index (χ4v) is 1.82. The van der Waals surface area contributed by atoms with E-state index < -0.39 is 23.9 Å². The number of aliphatic carboxylic acids is 1. The molecule has 1 aliphatic heterocycles. The molecule has 2 N–H and O–H groups in total. The number of hydrogen-bond donors (Lipinski definition) is 2. The van der Waals surface area contributed by atoms with E-state index in [4.69, 9.17) is 5.11 Å². The Hall–Kier alpha value is -2.37. The van der Waals surface area contributed by atoms with Crippen LogP contribution in [0.1, 0.15) is 12.8 Å². The van der Waals surface area contributed by atoms with Crippen LogP contribution in [0, 0.1) is 0 Å². The molecule has 0 spiro atoms. The molecule has 6 nitrogen and oxygen atoms in total. The van der Waals surface area contributed by atoms with E-state index in [1.54, 1.807) is 30.3 Å². The van der Waals surface area contributed by atoms with Crippen LogP contribution in [-0.4, -0.2) is 29.1 Å². The van der Waals surface area contributed by atoms with Gasteiger partial charge in [0.2, 0.25) is 0 Å². The molecule has 0 aliphatic carbocycles. The molecule has 3 amide bonds. The molecular formula is C12H12N2O4. The third-order valence-electron chi connectivity index (χ3n) is 2.68. The molecule has 18 heavy (non-hydrogen) atoms. The molecular weight excluding hydrogens is 236 g/mol. The first-order chi connectivity index (χ1) is 8.59. The van der Waals surface area contributed by atoms with Gasteiger partial charge in [-0.1, -0.05) is 18.2 Å². The summed E-state index contributed by atoms with van der Waals surface area (Å²) in [4.78, 5) is 35.2. The molecule has 0 radical (unpaired) electrons. The van der Waals surface area contributed by atoms with E-state index in [2.05, 4.69) is 5.32 Å². The fourth-order valence-electron chi connectivity index (χ4n) is 1.82. The first-order valence-corrected chi connectivity index (χ1v) is 5.51. The van der Waals surface area contributed by atoms with Gasteiger partial charge in [-0.25, -0.2) is 9.69 Å². The maximum atomic E-state index is 12.0. The normalized spacial score (nSPS) is 18.9. The van der Waals surface area contributed by atoms with Crippen molar-refractivity contribution in [1.82, 2.24) is 5.32 Å². The Kier molecular flexibility index (Phi) is 3.27. The minimum absolute atomic E-state index is 0.100. The van der Waals surface area contributed by atoms with Crippen LogP contribution in [0.15, 0.2) is 30.3 Å². The number of rotatable bonds is 4. The molecule has 1 atom stereocenters. The predicted octanol–water partition coefficient (Wildman–Crippen LogP) is 0.976. The van der Waals surface area contributed by atoms with E-state index in [1.165, 1.54) is 0 Å². The Labute approximate surface area is 103 Å². The highest BCUT2D eigenvalue weighted by molar-refractivity contribution is 6.21. The van der Waals surface area contributed by atoms with Gasteiger partial charge in [-0.2, -0.15) is 0 Å². The van der Waals surface area contributed by atoms with Gasteiger partial charge in [0.25, 0.3) is 5.91 Å². The zero-order valence-electron chi connectivity index (χ0n) is 9.50. The molecule has 0 bridgehead atoms. The molecule has 1 aromatic carbocycles. The van der Waals surface area contributed by atoms with E-state index in [1.807, 2.05) is 0 Å². The number of anilines is 1. The summed E-state index contributed by atoms with van der Waals surface area (Å²) in [5.41, 5.74) is 0.484. The topological polar surface area (TPSA) is 86.7 Å². The lowest BCUT2D eigenvalue weighted by molar-refractivity contribution is -0.137. The van der Waals surface area contributed by atoms with Crippen molar-refractivity contribution >= 4 is 23.6 Å². The SMILES string of the molecule is O=C(O)CCC1NC(=O)N(c2ccccc2)C1=O. The third kappa shape index (κ3) is 2.32. The highest BCUT2D eigenvalue weighted by Crippen LogP contribution is 2.20. The number of carboxylic acid groups (broad SMARTS) is 1. The van der Waals surface area contributed by atoms with Crippen LogP contribution >= 0.6 is 0 Å². The fraction of sp³-hybridized carbons (Fsp3) is 0.250. The number of carbonyl (C=O) groups is 3. The molecule has 1 saturated heterocycles. The van der Waals surface area contributed by atoms with E-state index in [-0.39, 0.29) is 12.8 Å². The third-order valence-corrected chi connectivity index (χ3v) is 2.68. The molecule has 2 rings (SSSR count). The second-order valence-corrected chi connectivity index (χ2v) is 3.94. The highest BCUT2D eigenvalue weighted by atomic mass is 16.4. The monoisotopic (exact) mass is 248 g/mol. The van der Waals surface area contributed by atoms with Crippen LogP contribution in [0.3, 0.4) is 0 Å². The molecule has 94 valence electrons. The number of imide groups is 1. The second-order valence-electron chi connectivity index (χ2n) is 3.94. The lowest BCUT2D eigenvalue weighted by atomic mass is 10.1. The molecule has 6 heteroatoms. The minimum atomic E-state index is -0.991. The maximum Gasteiger partial charge on any atom is 0.329 e. The number of amides is 3. The van der Waals surface area contributed by atoms with Gasteiger partial charge in [0, 0.05) is 6.42 Å². The molecule has 0 saturated carbocycles. The summed E-state index contributed by atoms with van der Waals surface area (Å²) in [5.74, 6) is -1.40. The van der Waals surface area contributed by atoms with Crippen molar-refractivity contribution in [2.24, 2.45) is 0 Å². The molecule has 1 heterocycles. The maximum absolute atomic E-state index is 12.0. The highest BCUT2D eigenvalue weighted by Gasteiger charge is 2.38. The Morgan fingerprint density at radius 1 is 1.28 bits per heavy atom. The van der Waals surface area contributed by atoms with Crippen molar-refractivity contribution in [2.75, 3.05) is 4.90 Å². The number of benzene rings is 1. The summed E-state index contributed by atoms with van der Waals surface area (Å²) in [6.45, 7) is 0. The number of hydrogen-bond acceptors (Lipinski definition) is 3. The minimum Gasteiger partial charge on any atom is -0.481 e. The van der Waals surface area contributed by atoms with Gasteiger partial charge < -0.3 is 10.4 Å². The van der Waals surface area contributed by atoms with Gasteiger partial charge in [0.1, 0.15) is 6.04 Å². The summed E-state index contributed by atoms with van der Waals surface area (Å²) in [7, 11) is 0. The first kappa shape index (κ1) is 12.1. The van der Waals surface area contributed by atoms with Crippen molar-refractivity contribution < 1.29 is 19.5 Å². The molecule has 1 fully saturated rings. The zero-order valence-corrected chi connectivity index (χ0v) is 9.50. The standard InChI is InChI=1S/C12H12N2O4/c15-10(16)7-6-9-11(17)14(12(18)13-9)8-4-2-1-3-5-8/h1-5,9H,6-7H2,(H,13,18)(H,15,16). The predicted molar refractivity (Wildman–Crippen MR) is 63.1 cm³/mol. The van der Waals surface area contributed by atoms with E-state index >= 15 is 0 Å². The number of nitrogens with one attached hydrogen (secondary N) is 1. The van der Waals surface area contributed by atoms with Crippen molar-refractivity contribution in [3.8, 4) is 0 Å². The summed E-state index contributed by atoms with van der Waals surface area (Å²) in [6, 6.07) is 7.26. The summed E-state index contributed by atoms with van der Waals surface area (Å²) in [5, 5.41) is 11.1. The zero-order chi connectivity index (χ0) is 13.1. The van der Waals surface area contributed by atoms with Crippen LogP contribution in [0.25, 0.3) is 0 Å². The average molecular weight is 248 g/mol. The number of carboxylic acids is 1. The number of nitrogens with zero attached hydrogens (tertiary/aromatic N) is 1. The lowest BCUT2D eigenvalue weighted by Gasteiger charge is -2.12. The number of para-hydroxylation sites is 1. The smallest absolute Gasteiger partial charge is 0.329 e. The number of urea groups is 1. The molecule has 1 unspecified atom stereocenters. The summed E-state index contributed by atoms with van der Waals surface area (Å²) in [6.07, 6.45) is -0.0530.